The van der Waals surface area contributed by atoms with Crippen molar-refractivity contribution in [2.75, 3.05) is 19.3 Å². The normalized spacial score (nSPS) is 17.6. The lowest BCUT2D eigenvalue weighted by Crippen LogP contribution is -2.49. The highest BCUT2D eigenvalue weighted by molar-refractivity contribution is 7.89. The van der Waals surface area contributed by atoms with Crippen LogP contribution in [0.15, 0.2) is 42.9 Å². The van der Waals surface area contributed by atoms with E-state index in [1.54, 1.807) is 0 Å². The van der Waals surface area contributed by atoms with Crippen LogP contribution in [0.5, 0.6) is 11.6 Å². The van der Waals surface area contributed by atoms with E-state index in [0.29, 0.717) is 11.1 Å². The standard InChI is InChI=1S/C25H24F5N5O6S/c1-42(38,39)13-35-11-16(10-33-35)15-8-17(23(31)37)24(32-9-15)40-20-4-5-34(12-19(20)27)22(36)7-14-2-3-21(18(26)6-14)41-25(28,29)30/h2-3,6,8-11,19-20H,4-5,7,12-13H2,1H3,(H2,31,37)/t19-,20-/m0/s1. The molecule has 42 heavy (non-hydrogen) atoms. The van der Waals surface area contributed by atoms with E-state index in [1.807, 2.05) is 0 Å². The molecule has 0 spiro atoms. The van der Waals surface area contributed by atoms with E-state index in [0.717, 1.165) is 24.5 Å². The lowest BCUT2D eigenvalue weighted by atomic mass is 10.0. The molecule has 1 aliphatic heterocycles. The number of ether oxygens (including phenoxy) is 2. The first-order valence-electron chi connectivity index (χ1n) is 12.2. The van der Waals surface area contributed by atoms with E-state index in [9.17, 15) is 35.6 Å². The van der Waals surface area contributed by atoms with Gasteiger partial charge >= 0.3 is 6.36 Å². The van der Waals surface area contributed by atoms with Crippen LogP contribution >= 0.6 is 0 Å². The predicted molar refractivity (Wildman–Crippen MR) is 136 cm³/mol. The summed E-state index contributed by atoms with van der Waals surface area (Å²) in [4.78, 5) is 30.0. The average Bonchev–Trinajstić information content (AvgIpc) is 3.33. The van der Waals surface area contributed by atoms with Crippen molar-refractivity contribution in [2.24, 2.45) is 5.73 Å². The summed E-state index contributed by atoms with van der Waals surface area (Å²) >= 11 is 0. The summed E-state index contributed by atoms with van der Waals surface area (Å²) in [6.45, 7) is -0.365. The Balaban J connectivity index is 1.39. The minimum absolute atomic E-state index is 0.000472. The first kappa shape index (κ1) is 30.7. The fourth-order valence-electron chi connectivity index (χ4n) is 4.24. The molecule has 2 amide bonds. The van der Waals surface area contributed by atoms with Gasteiger partial charge in [-0.1, -0.05) is 6.07 Å². The van der Waals surface area contributed by atoms with Crippen molar-refractivity contribution in [3.8, 4) is 22.8 Å². The molecule has 2 atom stereocenters. The maximum absolute atomic E-state index is 15.1. The predicted octanol–water partition coefficient (Wildman–Crippen LogP) is 2.64. The second kappa shape index (κ2) is 11.9. The number of carbonyl (C=O) groups is 2. The van der Waals surface area contributed by atoms with E-state index in [1.165, 1.54) is 34.2 Å². The number of benzene rings is 1. The number of piperidine rings is 1. The molecule has 1 aliphatic rings. The summed E-state index contributed by atoms with van der Waals surface area (Å²) in [5.41, 5.74) is 6.21. The Hall–Kier alpha value is -4.28. The monoisotopic (exact) mass is 617 g/mol. The van der Waals surface area contributed by atoms with Crippen LogP contribution in [-0.2, 0) is 26.9 Å². The Bertz CT molecular complexity index is 1600. The van der Waals surface area contributed by atoms with E-state index in [-0.39, 0.29) is 35.8 Å². The van der Waals surface area contributed by atoms with E-state index in [2.05, 4.69) is 14.8 Å². The second-order valence-corrected chi connectivity index (χ2v) is 11.7. The lowest BCUT2D eigenvalue weighted by Gasteiger charge is -2.34. The number of hydrogen-bond acceptors (Lipinski definition) is 8. The number of halogens is 5. The summed E-state index contributed by atoms with van der Waals surface area (Å²) in [6, 6.07) is 3.93. The first-order chi connectivity index (χ1) is 19.6. The van der Waals surface area contributed by atoms with Gasteiger partial charge in [-0.3, -0.25) is 14.3 Å². The lowest BCUT2D eigenvalue weighted by molar-refractivity contribution is -0.275. The van der Waals surface area contributed by atoms with Crippen molar-refractivity contribution in [1.29, 1.82) is 0 Å². The van der Waals surface area contributed by atoms with E-state index in [4.69, 9.17) is 10.5 Å². The summed E-state index contributed by atoms with van der Waals surface area (Å²) in [6.07, 6.45) is -3.11. The third-order valence-corrected chi connectivity index (χ3v) is 6.86. The zero-order valence-corrected chi connectivity index (χ0v) is 22.7. The van der Waals surface area contributed by atoms with Crippen LogP contribution in [0.4, 0.5) is 22.0 Å². The smallest absolute Gasteiger partial charge is 0.471 e. The average molecular weight is 618 g/mol. The third kappa shape index (κ3) is 7.92. The Morgan fingerprint density at radius 1 is 1.17 bits per heavy atom. The van der Waals surface area contributed by atoms with Crippen LogP contribution in [-0.4, -0.2) is 77.9 Å². The van der Waals surface area contributed by atoms with Gasteiger partial charge in [-0.15, -0.1) is 13.2 Å². The topological polar surface area (TPSA) is 147 Å². The molecule has 0 unspecified atom stereocenters. The molecule has 1 fully saturated rings. The van der Waals surface area contributed by atoms with Crippen LogP contribution in [0.2, 0.25) is 0 Å². The van der Waals surface area contributed by atoms with Gasteiger partial charge in [0.2, 0.25) is 11.8 Å². The number of carbonyl (C=O) groups excluding carboxylic acids is 2. The SMILES string of the molecule is CS(=O)(=O)Cn1cc(-c2cnc(O[C@H]3CCN(C(=O)Cc4ccc(OC(F)(F)F)c(F)c4)C[C@@H]3F)c(C(N)=O)c2)cn1. The molecule has 2 N–H and O–H groups in total. The quantitative estimate of drug-likeness (QED) is 0.361. The van der Waals surface area contributed by atoms with Crippen LogP contribution in [0.3, 0.4) is 0 Å². The van der Waals surface area contributed by atoms with Gasteiger partial charge in [-0.25, -0.2) is 22.2 Å². The molecule has 0 bridgehead atoms. The highest BCUT2D eigenvalue weighted by Crippen LogP contribution is 2.29. The Kier molecular flexibility index (Phi) is 8.70. The van der Waals surface area contributed by atoms with Crippen molar-refractivity contribution in [2.45, 2.75) is 37.4 Å². The molecule has 17 heteroatoms. The van der Waals surface area contributed by atoms with Crippen LogP contribution in [0, 0.1) is 5.82 Å². The van der Waals surface area contributed by atoms with Crippen molar-refractivity contribution in [1.82, 2.24) is 19.7 Å². The largest absolute Gasteiger partial charge is 0.573 e. The number of alkyl halides is 4. The minimum Gasteiger partial charge on any atom is -0.471 e. The summed E-state index contributed by atoms with van der Waals surface area (Å²) < 4.78 is 99.4. The molecule has 0 saturated carbocycles. The summed E-state index contributed by atoms with van der Waals surface area (Å²) in [5, 5.41) is 3.96. The number of hydrogen-bond donors (Lipinski definition) is 1. The fraction of sp³-hybridized carbons (Fsp3) is 0.360. The van der Waals surface area contributed by atoms with Gasteiger partial charge in [0.1, 0.15) is 17.5 Å². The number of amides is 2. The van der Waals surface area contributed by atoms with Gasteiger partial charge < -0.3 is 20.1 Å². The van der Waals surface area contributed by atoms with Gasteiger partial charge in [0.05, 0.1) is 19.2 Å². The van der Waals surface area contributed by atoms with Gasteiger partial charge in [0, 0.05) is 42.7 Å². The molecule has 4 rings (SSSR count). The fourth-order valence-corrected chi connectivity index (χ4v) is 4.86. The van der Waals surface area contributed by atoms with E-state index < -0.39 is 64.8 Å². The second-order valence-electron chi connectivity index (χ2n) is 9.55. The number of likely N-dealkylation sites (tertiary alicyclic amines) is 1. The van der Waals surface area contributed by atoms with Gasteiger partial charge in [-0.2, -0.15) is 5.10 Å². The van der Waals surface area contributed by atoms with Gasteiger partial charge in [0.25, 0.3) is 5.91 Å². The Labute approximate surface area is 235 Å². The molecule has 3 heterocycles. The molecular formula is C25H24F5N5O6S. The molecule has 2 aromatic heterocycles. The molecule has 0 aliphatic carbocycles. The van der Waals surface area contributed by atoms with Gasteiger partial charge in [0.15, 0.2) is 27.6 Å². The first-order valence-corrected chi connectivity index (χ1v) is 14.3. The summed E-state index contributed by atoms with van der Waals surface area (Å²) in [7, 11) is -3.35. The number of rotatable bonds is 9. The van der Waals surface area contributed by atoms with Crippen molar-refractivity contribution < 1.29 is 49.4 Å². The Morgan fingerprint density at radius 2 is 1.90 bits per heavy atom. The van der Waals surface area contributed by atoms with Crippen LogP contribution in [0.25, 0.3) is 11.1 Å². The molecular weight excluding hydrogens is 593 g/mol. The molecule has 0 radical (unpaired) electrons. The zero-order valence-electron chi connectivity index (χ0n) is 21.8. The number of aromatic nitrogens is 3. The zero-order chi connectivity index (χ0) is 30.8. The summed E-state index contributed by atoms with van der Waals surface area (Å²) in [5.74, 6) is -4.44. The minimum atomic E-state index is -5.08. The highest BCUT2D eigenvalue weighted by atomic mass is 32.2. The van der Waals surface area contributed by atoms with Crippen molar-refractivity contribution in [3.63, 3.8) is 0 Å². The maximum Gasteiger partial charge on any atom is 0.573 e. The molecule has 11 nitrogen and oxygen atoms in total. The van der Waals surface area contributed by atoms with Gasteiger partial charge in [-0.05, 0) is 23.8 Å². The van der Waals surface area contributed by atoms with Crippen LogP contribution < -0.4 is 15.2 Å². The van der Waals surface area contributed by atoms with Crippen molar-refractivity contribution >= 4 is 21.7 Å². The molecule has 226 valence electrons. The van der Waals surface area contributed by atoms with E-state index >= 15 is 4.39 Å². The molecule has 1 saturated heterocycles. The van der Waals surface area contributed by atoms with Crippen LogP contribution in [0.1, 0.15) is 22.3 Å². The highest BCUT2D eigenvalue weighted by Gasteiger charge is 2.35. The number of nitrogens with zero attached hydrogens (tertiary/aromatic N) is 4. The number of nitrogens with two attached hydrogens (primary N) is 1. The molecule has 1 aromatic carbocycles. The Morgan fingerprint density at radius 3 is 2.52 bits per heavy atom. The number of primary amides is 1. The van der Waals surface area contributed by atoms with Crippen molar-refractivity contribution in [3.05, 3.63) is 59.8 Å². The number of sulfone groups is 1. The molecule has 3 aromatic rings. The number of pyridine rings is 1. The third-order valence-electron chi connectivity index (χ3n) is 6.12. The maximum atomic E-state index is 15.1.